The van der Waals surface area contributed by atoms with Crippen LogP contribution in [0.25, 0.3) is 0 Å². The Kier molecular flexibility index (Phi) is 8.58. The molecule has 1 saturated carbocycles. The molecule has 0 atom stereocenters. The first kappa shape index (κ1) is 28.6. The van der Waals surface area contributed by atoms with Crippen LogP contribution in [0.1, 0.15) is 34.4 Å². The molecule has 0 spiro atoms. The number of anilines is 3. The smallest absolute Gasteiger partial charge is 0.308 e. The molecule has 1 saturated heterocycles. The Morgan fingerprint density at radius 2 is 1.66 bits per heavy atom. The number of thiazole rings is 1. The highest BCUT2D eigenvalue weighted by Gasteiger charge is 2.34. The Morgan fingerprint density at radius 3 is 2.34 bits per heavy atom. The average Bonchev–Trinajstić information content (AvgIpc) is 3.70. The number of carbonyl (C=O) groups excluding carboxylic acids is 2. The van der Waals surface area contributed by atoms with E-state index in [2.05, 4.69) is 37.7 Å². The molecule has 214 valence electrons. The fourth-order valence-electron chi connectivity index (χ4n) is 4.31. The van der Waals surface area contributed by atoms with Gasteiger partial charge in [0.2, 0.25) is 5.91 Å². The quantitative estimate of drug-likeness (QED) is 0.343. The second-order valence-corrected chi connectivity index (χ2v) is 11.2. The van der Waals surface area contributed by atoms with Gasteiger partial charge in [-0.3, -0.25) is 9.69 Å². The maximum Gasteiger partial charge on any atom is 0.416 e. The minimum atomic E-state index is -4.54. The summed E-state index contributed by atoms with van der Waals surface area (Å²) in [5.74, 6) is 6.09. The van der Waals surface area contributed by atoms with E-state index in [9.17, 15) is 22.8 Å². The van der Waals surface area contributed by atoms with E-state index >= 15 is 0 Å². The molecular formula is C29H29F3N6O2S. The number of alkyl halides is 3. The molecule has 0 unspecified atom stereocenters. The lowest BCUT2D eigenvalue weighted by Crippen LogP contribution is -2.44. The van der Waals surface area contributed by atoms with E-state index < -0.39 is 17.8 Å². The van der Waals surface area contributed by atoms with Crippen LogP contribution < -0.4 is 16.0 Å². The summed E-state index contributed by atoms with van der Waals surface area (Å²) in [4.78, 5) is 33.4. The fourth-order valence-corrected chi connectivity index (χ4v) is 4.98. The maximum atomic E-state index is 13.8. The number of rotatable bonds is 6. The molecule has 3 N–H and O–H groups in total. The Balaban J connectivity index is 1.16. The van der Waals surface area contributed by atoms with Gasteiger partial charge >= 0.3 is 12.2 Å². The van der Waals surface area contributed by atoms with Gasteiger partial charge in [0, 0.05) is 55.6 Å². The second kappa shape index (κ2) is 12.3. The normalized spacial score (nSPS) is 16.0. The van der Waals surface area contributed by atoms with Crippen molar-refractivity contribution in [1.29, 1.82) is 0 Å². The Bertz CT molecular complexity index is 1470. The molecule has 41 heavy (non-hydrogen) atoms. The number of hydrogen-bond acceptors (Lipinski definition) is 6. The Morgan fingerprint density at radius 1 is 0.976 bits per heavy atom. The molecule has 1 aromatic heterocycles. The standard InChI is InChI=1S/C29H29F3N6O2S/c1-37-12-14-38(15-13-37)18-21-7-10-23(16-25(21)29(30,31)32)35-27(40)34-22-8-2-19(3-9-22)4-11-24-17-33-28(41-24)36-26(39)20-5-6-20/h2-3,7-10,16-17,20H,5-6,12-15,18H2,1H3,(H,33,36,39)(H2,34,35,40). The van der Waals surface area contributed by atoms with E-state index in [0.29, 0.717) is 34.3 Å². The van der Waals surface area contributed by atoms with Crippen molar-refractivity contribution < 1.29 is 22.8 Å². The van der Waals surface area contributed by atoms with Crippen molar-refractivity contribution in [1.82, 2.24) is 14.8 Å². The molecule has 0 radical (unpaired) electrons. The summed E-state index contributed by atoms with van der Waals surface area (Å²) >= 11 is 1.29. The van der Waals surface area contributed by atoms with Crippen LogP contribution >= 0.6 is 11.3 Å². The van der Waals surface area contributed by atoms with E-state index in [1.807, 2.05) is 11.9 Å². The van der Waals surface area contributed by atoms with Crippen LogP contribution in [0.3, 0.4) is 0 Å². The summed E-state index contributed by atoms with van der Waals surface area (Å²) in [5.41, 5.74) is 0.631. The van der Waals surface area contributed by atoms with E-state index in [1.165, 1.54) is 23.5 Å². The third kappa shape index (κ3) is 8.07. The number of hydrogen-bond donors (Lipinski definition) is 3. The molecule has 3 aromatic rings. The molecule has 0 bridgehead atoms. The van der Waals surface area contributed by atoms with Crippen molar-refractivity contribution in [2.24, 2.45) is 5.92 Å². The number of amides is 3. The van der Waals surface area contributed by atoms with Crippen molar-refractivity contribution in [2.75, 3.05) is 49.2 Å². The molecule has 2 heterocycles. The molecule has 8 nitrogen and oxygen atoms in total. The average molecular weight is 583 g/mol. The number of piperazine rings is 1. The van der Waals surface area contributed by atoms with E-state index in [4.69, 9.17) is 0 Å². The van der Waals surface area contributed by atoms with Crippen molar-refractivity contribution in [3.05, 3.63) is 70.2 Å². The molecule has 3 amide bonds. The van der Waals surface area contributed by atoms with Gasteiger partial charge in [0.25, 0.3) is 0 Å². The lowest BCUT2D eigenvalue weighted by molar-refractivity contribution is -0.138. The molecule has 2 aliphatic rings. The summed E-state index contributed by atoms with van der Waals surface area (Å²) in [6, 6.07) is 9.97. The first-order valence-corrected chi connectivity index (χ1v) is 14.0. The number of urea groups is 1. The van der Waals surface area contributed by atoms with Crippen LogP contribution in [-0.4, -0.2) is 59.9 Å². The predicted octanol–water partition coefficient (Wildman–Crippen LogP) is 5.30. The van der Waals surface area contributed by atoms with Gasteiger partial charge in [0.1, 0.15) is 0 Å². The summed E-state index contributed by atoms with van der Waals surface area (Å²) < 4.78 is 41.5. The van der Waals surface area contributed by atoms with Gasteiger partial charge in [-0.25, -0.2) is 9.78 Å². The highest BCUT2D eigenvalue weighted by molar-refractivity contribution is 7.16. The van der Waals surface area contributed by atoms with Gasteiger partial charge in [-0.15, -0.1) is 0 Å². The molecular weight excluding hydrogens is 553 g/mol. The van der Waals surface area contributed by atoms with Crippen LogP contribution in [0, 0.1) is 17.8 Å². The van der Waals surface area contributed by atoms with Crippen molar-refractivity contribution in [3.8, 4) is 11.8 Å². The minimum absolute atomic E-state index is 0.00925. The number of likely N-dealkylation sites (N-methyl/N-ethyl adjacent to an activating group) is 1. The Hall–Kier alpha value is -3.92. The van der Waals surface area contributed by atoms with E-state index in [1.54, 1.807) is 30.5 Å². The molecule has 5 rings (SSSR count). The van der Waals surface area contributed by atoms with Crippen LogP contribution in [0.5, 0.6) is 0 Å². The fraction of sp³-hybridized carbons (Fsp3) is 0.345. The number of carbonyl (C=O) groups is 2. The van der Waals surface area contributed by atoms with Gasteiger partial charge in [-0.2, -0.15) is 13.2 Å². The molecule has 1 aliphatic carbocycles. The van der Waals surface area contributed by atoms with Crippen LogP contribution in [0.4, 0.5) is 34.5 Å². The Labute approximate surface area is 239 Å². The van der Waals surface area contributed by atoms with Crippen LogP contribution in [-0.2, 0) is 17.5 Å². The predicted molar refractivity (Wildman–Crippen MR) is 153 cm³/mol. The molecule has 1 aliphatic heterocycles. The highest BCUT2D eigenvalue weighted by Crippen LogP contribution is 2.35. The number of halogens is 3. The van der Waals surface area contributed by atoms with Gasteiger partial charge in [0.05, 0.1) is 16.6 Å². The van der Waals surface area contributed by atoms with Crippen molar-refractivity contribution in [3.63, 3.8) is 0 Å². The van der Waals surface area contributed by atoms with Gasteiger partial charge in [0.15, 0.2) is 5.13 Å². The second-order valence-electron chi connectivity index (χ2n) is 10.1. The van der Waals surface area contributed by atoms with E-state index in [0.717, 1.165) is 32.0 Å². The minimum Gasteiger partial charge on any atom is -0.308 e. The van der Waals surface area contributed by atoms with Gasteiger partial charge in [-0.1, -0.05) is 23.3 Å². The van der Waals surface area contributed by atoms with Crippen LogP contribution in [0.2, 0.25) is 0 Å². The van der Waals surface area contributed by atoms with Crippen LogP contribution in [0.15, 0.2) is 48.7 Å². The molecule has 12 heteroatoms. The molecule has 2 aromatic carbocycles. The monoisotopic (exact) mass is 582 g/mol. The zero-order valence-electron chi connectivity index (χ0n) is 22.3. The SMILES string of the molecule is CN1CCN(Cc2ccc(NC(=O)Nc3ccc(C#Cc4cnc(NC(=O)C5CC5)s4)cc3)cc2C(F)(F)F)CC1. The molecule has 2 fully saturated rings. The maximum absolute atomic E-state index is 13.8. The number of nitrogens with one attached hydrogen (secondary N) is 3. The topological polar surface area (TPSA) is 89.6 Å². The number of nitrogens with zero attached hydrogens (tertiary/aromatic N) is 3. The highest BCUT2D eigenvalue weighted by atomic mass is 32.1. The lowest BCUT2D eigenvalue weighted by Gasteiger charge is -2.33. The first-order chi connectivity index (χ1) is 19.6. The number of aromatic nitrogens is 1. The van der Waals surface area contributed by atoms with E-state index in [-0.39, 0.29) is 29.6 Å². The third-order valence-electron chi connectivity index (χ3n) is 6.82. The summed E-state index contributed by atoms with van der Waals surface area (Å²) in [6.07, 6.45) is -1.11. The first-order valence-electron chi connectivity index (χ1n) is 13.2. The third-order valence-corrected chi connectivity index (χ3v) is 7.65. The van der Waals surface area contributed by atoms with Crippen molar-refractivity contribution >= 4 is 39.8 Å². The summed E-state index contributed by atoms with van der Waals surface area (Å²) in [5, 5.41) is 8.43. The van der Waals surface area contributed by atoms with Gasteiger partial charge in [-0.05, 0) is 67.8 Å². The largest absolute Gasteiger partial charge is 0.416 e. The van der Waals surface area contributed by atoms with Gasteiger partial charge < -0.3 is 20.9 Å². The number of benzene rings is 2. The zero-order chi connectivity index (χ0) is 29.0. The zero-order valence-corrected chi connectivity index (χ0v) is 23.2. The summed E-state index contributed by atoms with van der Waals surface area (Å²) in [7, 11) is 1.99. The lowest BCUT2D eigenvalue weighted by atomic mass is 10.0. The van der Waals surface area contributed by atoms with Crippen molar-refractivity contribution in [2.45, 2.75) is 25.6 Å². The summed E-state index contributed by atoms with van der Waals surface area (Å²) in [6.45, 7) is 3.22.